The van der Waals surface area contributed by atoms with Gasteiger partial charge in [-0.2, -0.15) is 0 Å². The van der Waals surface area contributed by atoms with Crippen molar-refractivity contribution >= 4 is 16.3 Å². The molecule has 3 rings (SSSR count). The Balaban J connectivity index is 2.46. The van der Waals surface area contributed by atoms with Crippen LogP contribution in [-0.4, -0.2) is 0 Å². The number of hydrogen-bond acceptors (Lipinski definition) is 0. The second-order valence-corrected chi connectivity index (χ2v) is 9.29. The molecule has 0 atom stereocenters. The van der Waals surface area contributed by atoms with E-state index in [9.17, 15) is 0 Å². The Morgan fingerprint density at radius 2 is 1.67 bits per heavy atom. The van der Waals surface area contributed by atoms with E-state index in [1.807, 2.05) is 0 Å². The monoisotopic (exact) mass is 356 g/mol. The van der Waals surface area contributed by atoms with Crippen molar-refractivity contribution in [2.45, 2.75) is 59.3 Å². The minimum atomic E-state index is -0.0906. The highest BCUT2D eigenvalue weighted by atomic mass is 14.3. The fourth-order valence-corrected chi connectivity index (χ4v) is 4.05. The predicted molar refractivity (Wildman–Crippen MR) is 121 cm³/mol. The topological polar surface area (TPSA) is 0 Å². The van der Waals surface area contributed by atoms with Crippen molar-refractivity contribution < 1.29 is 0 Å². The van der Waals surface area contributed by atoms with E-state index < -0.39 is 0 Å². The maximum atomic E-state index is 4.45. The molecule has 0 aliphatic heterocycles. The smallest absolute Gasteiger partial charge is 0.00908 e. The van der Waals surface area contributed by atoms with Crippen LogP contribution in [0.3, 0.4) is 0 Å². The van der Waals surface area contributed by atoms with Gasteiger partial charge >= 0.3 is 0 Å². The summed E-state index contributed by atoms with van der Waals surface area (Å²) in [6.07, 6.45) is 8.98. The van der Waals surface area contributed by atoms with Crippen molar-refractivity contribution in [2.24, 2.45) is 0 Å². The first-order valence-electron chi connectivity index (χ1n) is 9.86. The summed E-state index contributed by atoms with van der Waals surface area (Å²) in [7, 11) is 0. The van der Waals surface area contributed by atoms with Crippen molar-refractivity contribution in [3.8, 4) is 0 Å². The van der Waals surface area contributed by atoms with Gasteiger partial charge < -0.3 is 0 Å². The van der Waals surface area contributed by atoms with Crippen LogP contribution in [0.1, 0.15) is 65.2 Å². The fraction of sp³-hybridized carbons (Fsp3) is 0.333. The number of rotatable bonds is 1. The van der Waals surface area contributed by atoms with E-state index in [0.29, 0.717) is 0 Å². The molecule has 0 fully saturated rings. The summed E-state index contributed by atoms with van der Waals surface area (Å²) >= 11 is 0. The second kappa shape index (κ2) is 6.68. The summed E-state index contributed by atoms with van der Waals surface area (Å²) in [5.74, 6) is 0. The molecule has 0 saturated heterocycles. The summed E-state index contributed by atoms with van der Waals surface area (Å²) in [5.41, 5.74) is 7.70. The molecule has 27 heavy (non-hydrogen) atoms. The first-order chi connectivity index (χ1) is 12.6. The van der Waals surface area contributed by atoms with Crippen molar-refractivity contribution in [1.29, 1.82) is 0 Å². The quantitative estimate of drug-likeness (QED) is 0.487. The molecule has 2 aromatic rings. The molecule has 0 nitrogen and oxygen atoms in total. The number of fused-ring (bicyclic) bond motifs is 3. The molecule has 2 aromatic carbocycles. The molecule has 0 aromatic heterocycles. The van der Waals surface area contributed by atoms with E-state index >= 15 is 0 Å². The predicted octanol–water partition coefficient (Wildman–Crippen LogP) is 7.89. The molecule has 140 valence electrons. The Kier molecular flexibility index (Phi) is 4.80. The number of allylic oxidation sites excluding steroid dienone is 7. The van der Waals surface area contributed by atoms with Gasteiger partial charge in [-0.25, -0.2) is 0 Å². The molecule has 0 spiro atoms. The SMILES string of the molecule is C=C1/C=C\C(C(C)=CC)=C/C(C)(C)c2cc(C(C)(C)C)c3ccccc3c21. The maximum absolute atomic E-state index is 4.45. The standard InChI is InChI=1S/C27H32/c1-9-18(2)20-15-14-19(3)25-22-13-11-10-12-21(22)23(26(4,5)6)16-24(25)27(7,8)17-20/h9-17H,3H2,1-2,4-8H3/b15-14-,18-9?,20-17+. The lowest BCUT2D eigenvalue weighted by Crippen LogP contribution is -2.21. The van der Waals surface area contributed by atoms with Gasteiger partial charge in [0.25, 0.3) is 0 Å². The molecule has 1 aliphatic carbocycles. The van der Waals surface area contributed by atoms with Crippen LogP contribution >= 0.6 is 0 Å². The first-order valence-corrected chi connectivity index (χ1v) is 9.86. The van der Waals surface area contributed by atoms with Gasteiger partial charge in [-0.15, -0.1) is 0 Å². The Bertz CT molecular complexity index is 998. The lowest BCUT2D eigenvalue weighted by molar-refractivity contribution is 0.590. The van der Waals surface area contributed by atoms with Crippen molar-refractivity contribution in [3.63, 3.8) is 0 Å². The number of hydrogen-bond donors (Lipinski definition) is 0. The highest BCUT2D eigenvalue weighted by Gasteiger charge is 2.29. The van der Waals surface area contributed by atoms with E-state index in [1.54, 1.807) is 0 Å². The average molecular weight is 357 g/mol. The minimum Gasteiger partial charge on any atom is -0.0911 e. The summed E-state index contributed by atoms with van der Waals surface area (Å²) in [5, 5.41) is 2.64. The molecule has 0 unspecified atom stereocenters. The van der Waals surface area contributed by atoms with Crippen LogP contribution in [-0.2, 0) is 10.8 Å². The largest absolute Gasteiger partial charge is 0.0911 e. The van der Waals surface area contributed by atoms with Gasteiger partial charge in [-0.05, 0) is 63.4 Å². The van der Waals surface area contributed by atoms with Crippen LogP contribution < -0.4 is 0 Å². The van der Waals surface area contributed by atoms with Crippen LogP contribution in [0.25, 0.3) is 16.3 Å². The van der Waals surface area contributed by atoms with Crippen LogP contribution in [0.4, 0.5) is 0 Å². The molecular weight excluding hydrogens is 324 g/mol. The van der Waals surface area contributed by atoms with Gasteiger partial charge in [-0.1, -0.05) is 95.8 Å². The van der Waals surface area contributed by atoms with E-state index in [0.717, 1.165) is 5.57 Å². The summed E-state index contributed by atoms with van der Waals surface area (Å²) in [6, 6.07) is 11.2. The maximum Gasteiger partial charge on any atom is 0.00908 e. The molecule has 0 saturated carbocycles. The van der Waals surface area contributed by atoms with E-state index in [1.165, 1.54) is 38.6 Å². The van der Waals surface area contributed by atoms with Crippen LogP contribution in [0.15, 0.2) is 72.4 Å². The van der Waals surface area contributed by atoms with Gasteiger partial charge in [0.15, 0.2) is 0 Å². The zero-order valence-electron chi connectivity index (χ0n) is 17.9. The van der Waals surface area contributed by atoms with Crippen LogP contribution in [0, 0.1) is 0 Å². The van der Waals surface area contributed by atoms with Gasteiger partial charge in [0, 0.05) is 5.41 Å². The lowest BCUT2D eigenvalue weighted by Gasteiger charge is -2.32. The third kappa shape index (κ3) is 3.46. The fourth-order valence-electron chi connectivity index (χ4n) is 4.05. The Morgan fingerprint density at radius 3 is 2.26 bits per heavy atom. The zero-order valence-corrected chi connectivity index (χ0v) is 17.9. The van der Waals surface area contributed by atoms with E-state index in [4.69, 9.17) is 0 Å². The Hall–Kier alpha value is -2.34. The van der Waals surface area contributed by atoms with Crippen molar-refractivity contribution in [3.05, 3.63) is 89.1 Å². The summed E-state index contributed by atoms with van der Waals surface area (Å²) < 4.78 is 0. The Labute approximate surface area is 165 Å². The van der Waals surface area contributed by atoms with Gasteiger partial charge in [0.1, 0.15) is 0 Å². The Morgan fingerprint density at radius 1 is 1.04 bits per heavy atom. The highest BCUT2D eigenvalue weighted by Crippen LogP contribution is 2.43. The normalized spacial score (nSPS) is 20.5. The summed E-state index contributed by atoms with van der Waals surface area (Å²) in [4.78, 5) is 0. The molecule has 0 N–H and O–H groups in total. The lowest BCUT2D eigenvalue weighted by atomic mass is 9.72. The van der Waals surface area contributed by atoms with Crippen molar-refractivity contribution in [1.82, 2.24) is 0 Å². The van der Waals surface area contributed by atoms with Crippen LogP contribution in [0.2, 0.25) is 0 Å². The molecule has 0 heterocycles. The van der Waals surface area contributed by atoms with Crippen LogP contribution in [0.5, 0.6) is 0 Å². The van der Waals surface area contributed by atoms with Gasteiger partial charge in [0.2, 0.25) is 0 Å². The van der Waals surface area contributed by atoms with E-state index in [2.05, 4.69) is 110 Å². The number of benzene rings is 2. The molecule has 0 heteroatoms. The molecule has 0 amide bonds. The summed E-state index contributed by atoms with van der Waals surface area (Å²) in [6.45, 7) is 20.3. The molecule has 0 bridgehead atoms. The molecule has 0 radical (unpaired) electrons. The van der Waals surface area contributed by atoms with Crippen molar-refractivity contribution in [2.75, 3.05) is 0 Å². The third-order valence-corrected chi connectivity index (χ3v) is 5.74. The van der Waals surface area contributed by atoms with Gasteiger partial charge in [-0.3, -0.25) is 0 Å². The minimum absolute atomic E-state index is 0.0794. The second-order valence-electron chi connectivity index (χ2n) is 9.29. The third-order valence-electron chi connectivity index (χ3n) is 5.74. The first kappa shape index (κ1) is 19.4. The highest BCUT2D eigenvalue weighted by molar-refractivity contribution is 6.00. The zero-order chi connectivity index (χ0) is 20.0. The molecule has 1 aliphatic rings. The molecular formula is C27H32. The van der Waals surface area contributed by atoms with Gasteiger partial charge in [0.05, 0.1) is 0 Å². The average Bonchev–Trinajstić information content (AvgIpc) is 2.60. The van der Waals surface area contributed by atoms with E-state index in [-0.39, 0.29) is 10.8 Å².